The number of fused-ring (bicyclic) bond motifs is 1. The van der Waals surface area contributed by atoms with Gasteiger partial charge in [-0.1, -0.05) is 54.6 Å². The first kappa shape index (κ1) is 24.1. The van der Waals surface area contributed by atoms with Crippen LogP contribution in [0.1, 0.15) is 0 Å². The molecular weight excluding hydrogens is 494 g/mol. The van der Waals surface area contributed by atoms with E-state index in [0.717, 1.165) is 0 Å². The van der Waals surface area contributed by atoms with Crippen LogP contribution in [-0.2, 0) is 27.7 Å². The molecule has 0 bridgehead atoms. The van der Waals surface area contributed by atoms with Crippen molar-refractivity contribution in [2.24, 2.45) is 0 Å². The van der Waals surface area contributed by atoms with Gasteiger partial charge in [-0.15, -0.1) is 0 Å². The minimum absolute atomic E-state index is 0.0654. The summed E-state index contributed by atoms with van der Waals surface area (Å²) in [4.78, 5) is 0. The predicted molar refractivity (Wildman–Crippen MR) is 127 cm³/mol. The lowest BCUT2D eigenvalue weighted by molar-refractivity contribution is 0.00952. The molecule has 0 saturated carbocycles. The van der Waals surface area contributed by atoms with Crippen molar-refractivity contribution in [3.05, 3.63) is 91.0 Å². The van der Waals surface area contributed by atoms with Crippen LogP contribution in [-0.4, -0.2) is 37.6 Å². The fourth-order valence-corrected chi connectivity index (χ4v) is 6.02. The average Bonchev–Trinajstić information content (AvgIpc) is 3.44. The number of rotatable bonds is 10. The van der Waals surface area contributed by atoms with Crippen LogP contribution in [0.25, 0.3) is 0 Å². The molecule has 3 aromatic carbocycles. The van der Waals surface area contributed by atoms with E-state index in [1.807, 2.05) is 18.2 Å². The fourth-order valence-electron chi connectivity index (χ4n) is 3.80. The van der Waals surface area contributed by atoms with Gasteiger partial charge in [0.1, 0.15) is 41.7 Å². The van der Waals surface area contributed by atoms with Crippen molar-refractivity contribution >= 4 is 16.1 Å². The van der Waals surface area contributed by atoms with Crippen molar-refractivity contribution in [1.29, 1.82) is 0 Å². The number of hydrogen-bond donors (Lipinski definition) is 0. The van der Waals surface area contributed by atoms with Crippen molar-refractivity contribution in [1.82, 2.24) is 0 Å². The smallest absolute Gasteiger partial charge is 0.426 e. The number of benzene rings is 3. The lowest BCUT2D eigenvalue weighted by atomic mass is 10.1. The number of phosphoric acid groups is 1. The molecule has 2 heterocycles. The van der Waals surface area contributed by atoms with Gasteiger partial charge in [-0.3, -0.25) is 9.05 Å². The van der Waals surface area contributed by atoms with Crippen LogP contribution in [0.15, 0.2) is 91.0 Å². The molecule has 5 rings (SSSR count). The Kier molecular flexibility index (Phi) is 7.54. The summed E-state index contributed by atoms with van der Waals surface area (Å²) in [7, 11) is -6.99. The molecule has 2 saturated heterocycles. The Bertz CT molecular complexity index is 1120. The largest absolute Gasteiger partial charge is 0.588 e. The van der Waals surface area contributed by atoms with Gasteiger partial charge in [0, 0.05) is 0 Å². The maximum absolute atomic E-state index is 13.7. The molecule has 11 heteroatoms. The molecule has 2 aliphatic heterocycles. The minimum atomic E-state index is -4.14. The second-order valence-electron chi connectivity index (χ2n) is 7.82. The highest BCUT2D eigenvalue weighted by atomic mass is 31.2. The van der Waals surface area contributed by atoms with E-state index in [9.17, 15) is 9.13 Å². The van der Waals surface area contributed by atoms with Gasteiger partial charge in [-0.05, 0) is 36.4 Å². The molecule has 2 fully saturated rings. The van der Waals surface area contributed by atoms with Crippen LogP contribution in [0.3, 0.4) is 0 Å². The molecule has 2 aliphatic rings. The zero-order chi connectivity index (χ0) is 24.1. The maximum atomic E-state index is 13.7. The first-order valence-electron chi connectivity index (χ1n) is 11.0. The van der Waals surface area contributed by atoms with Crippen molar-refractivity contribution in [3.63, 3.8) is 0 Å². The van der Waals surface area contributed by atoms with Crippen LogP contribution in [0.5, 0.6) is 17.2 Å². The molecule has 0 amide bonds. The van der Waals surface area contributed by atoms with Crippen molar-refractivity contribution < 1.29 is 41.2 Å². The third-order valence-electron chi connectivity index (χ3n) is 5.34. The van der Waals surface area contributed by atoms with Gasteiger partial charge in [0.15, 0.2) is 0 Å². The zero-order valence-electron chi connectivity index (χ0n) is 18.5. The number of hydrogen-bond acceptors (Lipinski definition) is 9. The predicted octanol–water partition coefficient (Wildman–Crippen LogP) is 5.29. The fraction of sp³-hybridized carbons (Fsp3) is 0.250. The summed E-state index contributed by atoms with van der Waals surface area (Å²) in [5.41, 5.74) is 0. The van der Waals surface area contributed by atoms with Gasteiger partial charge in [-0.2, -0.15) is 0 Å². The van der Waals surface area contributed by atoms with Gasteiger partial charge in [0.05, 0.1) is 13.2 Å². The number of phosphoric ester groups is 1. The molecule has 0 N–H and O–H groups in total. The van der Waals surface area contributed by atoms with Gasteiger partial charge in [0.25, 0.3) is 0 Å². The van der Waals surface area contributed by atoms with Crippen LogP contribution in [0, 0.1) is 0 Å². The molecule has 5 unspecified atom stereocenters. The Morgan fingerprint density at radius 3 is 1.69 bits per heavy atom. The Morgan fingerprint density at radius 1 is 0.686 bits per heavy atom. The van der Waals surface area contributed by atoms with E-state index in [4.69, 9.17) is 32.1 Å². The molecule has 35 heavy (non-hydrogen) atoms. The minimum Gasteiger partial charge on any atom is -0.426 e. The average molecular weight is 518 g/mol. The third-order valence-corrected chi connectivity index (χ3v) is 7.64. The first-order chi connectivity index (χ1) is 17.1. The summed E-state index contributed by atoms with van der Waals surface area (Å²) < 4.78 is 65.9. The van der Waals surface area contributed by atoms with Crippen LogP contribution >= 0.6 is 16.1 Å². The summed E-state index contributed by atoms with van der Waals surface area (Å²) in [5.74, 6) is 1.09. The summed E-state index contributed by atoms with van der Waals surface area (Å²) in [6, 6.07) is 26.0. The Hall–Kier alpha value is -2.64. The number of para-hydroxylation sites is 3. The van der Waals surface area contributed by atoms with Gasteiger partial charge in [0.2, 0.25) is 0 Å². The van der Waals surface area contributed by atoms with Crippen molar-refractivity contribution in [3.8, 4) is 17.2 Å². The molecule has 184 valence electrons. The summed E-state index contributed by atoms with van der Waals surface area (Å²) in [6.45, 7) is 0.184. The summed E-state index contributed by atoms with van der Waals surface area (Å²) >= 11 is 0. The summed E-state index contributed by atoms with van der Waals surface area (Å²) in [5, 5.41) is 0. The molecule has 0 radical (unpaired) electrons. The zero-order valence-corrected chi connectivity index (χ0v) is 20.4. The van der Waals surface area contributed by atoms with E-state index in [1.54, 1.807) is 72.8 Å². The normalized spacial score (nSPS) is 24.5. The molecule has 0 aliphatic carbocycles. The SMILES string of the molecule is O=[PH](Oc1ccccc1)OC1COC2C(OP(=O)(Oc3ccccc3)Oc3ccccc3)COC12. The molecular formula is C24H24O9P2. The maximum Gasteiger partial charge on any atom is 0.588 e. The van der Waals surface area contributed by atoms with Gasteiger partial charge >= 0.3 is 16.1 Å². The van der Waals surface area contributed by atoms with Crippen LogP contribution in [0.4, 0.5) is 0 Å². The highest BCUT2D eigenvalue weighted by molar-refractivity contribution is 7.49. The van der Waals surface area contributed by atoms with E-state index in [-0.39, 0.29) is 13.2 Å². The van der Waals surface area contributed by atoms with Gasteiger partial charge < -0.3 is 23.0 Å². The molecule has 9 nitrogen and oxygen atoms in total. The standard InChI is InChI=1S/C24H24O9P2/c25-34(29-18-10-4-1-5-11-18)30-21-16-27-24-22(17-28-23(21)24)33-35(26,31-19-12-6-2-7-13-19)32-20-14-8-3-9-15-20/h1-15,21-24,34H,16-17H2. The monoisotopic (exact) mass is 518 g/mol. The molecule has 0 spiro atoms. The van der Waals surface area contributed by atoms with E-state index in [0.29, 0.717) is 17.2 Å². The Balaban J connectivity index is 1.25. The van der Waals surface area contributed by atoms with Crippen molar-refractivity contribution in [2.45, 2.75) is 24.4 Å². The topological polar surface area (TPSA) is 98.8 Å². The third kappa shape index (κ3) is 6.14. The Morgan fingerprint density at radius 2 is 1.14 bits per heavy atom. The summed E-state index contributed by atoms with van der Waals surface area (Å²) in [6.07, 6.45) is -2.58. The second kappa shape index (κ2) is 11.0. The number of ether oxygens (including phenoxy) is 2. The lowest BCUT2D eigenvalue weighted by Crippen LogP contribution is -2.33. The first-order valence-corrected chi connectivity index (χ1v) is 13.7. The van der Waals surface area contributed by atoms with Crippen LogP contribution < -0.4 is 13.6 Å². The van der Waals surface area contributed by atoms with E-state index < -0.39 is 40.5 Å². The van der Waals surface area contributed by atoms with Gasteiger partial charge in [-0.25, -0.2) is 9.13 Å². The van der Waals surface area contributed by atoms with E-state index >= 15 is 0 Å². The lowest BCUT2D eigenvalue weighted by Gasteiger charge is -2.23. The quantitative estimate of drug-likeness (QED) is 0.332. The van der Waals surface area contributed by atoms with Crippen LogP contribution in [0.2, 0.25) is 0 Å². The van der Waals surface area contributed by atoms with Crippen molar-refractivity contribution in [2.75, 3.05) is 13.2 Å². The van der Waals surface area contributed by atoms with E-state index in [2.05, 4.69) is 0 Å². The molecule has 5 atom stereocenters. The molecule has 0 aromatic heterocycles. The second-order valence-corrected chi connectivity index (χ2v) is 10.2. The Labute approximate surface area is 203 Å². The molecule has 3 aromatic rings. The van der Waals surface area contributed by atoms with E-state index in [1.165, 1.54) is 0 Å². The highest BCUT2D eigenvalue weighted by Crippen LogP contribution is 2.52. The highest BCUT2D eigenvalue weighted by Gasteiger charge is 2.52.